The van der Waals surface area contributed by atoms with Gasteiger partial charge in [-0.05, 0) is 5.41 Å². The van der Waals surface area contributed by atoms with Gasteiger partial charge < -0.3 is 0 Å². The second-order valence-corrected chi connectivity index (χ2v) is 4.44. The number of hydrogen-bond acceptors (Lipinski definition) is 3. The van der Waals surface area contributed by atoms with Crippen molar-refractivity contribution in [2.45, 2.75) is 27.2 Å². The first-order valence-corrected chi connectivity index (χ1v) is 4.28. The van der Waals surface area contributed by atoms with E-state index in [0.29, 0.717) is 12.1 Å². The van der Waals surface area contributed by atoms with E-state index in [9.17, 15) is 4.79 Å². The van der Waals surface area contributed by atoms with Gasteiger partial charge in [0.2, 0.25) is 0 Å². The molecule has 0 atom stereocenters. The fraction of sp³-hybridized carbons (Fsp3) is 0.667. The molecule has 0 radical (unpaired) electrons. The standard InChI is InChI=1S/C9H15N3O/c1-9(2,3)5-8(13)7-6-12(4)11-10-7/h6H,5H2,1-4H3. The van der Waals surface area contributed by atoms with E-state index in [-0.39, 0.29) is 11.2 Å². The van der Waals surface area contributed by atoms with E-state index in [2.05, 4.69) is 10.3 Å². The zero-order valence-corrected chi connectivity index (χ0v) is 8.53. The molecule has 0 aliphatic carbocycles. The van der Waals surface area contributed by atoms with E-state index in [1.807, 2.05) is 20.8 Å². The largest absolute Gasteiger partial charge is 0.292 e. The van der Waals surface area contributed by atoms with Crippen LogP contribution in [0.2, 0.25) is 0 Å². The quantitative estimate of drug-likeness (QED) is 0.648. The number of ketones is 1. The lowest BCUT2D eigenvalue weighted by molar-refractivity contribution is 0.0935. The predicted octanol–water partition coefficient (Wildman–Crippen LogP) is 1.43. The number of carbonyl (C=O) groups excluding carboxylic acids is 1. The van der Waals surface area contributed by atoms with E-state index >= 15 is 0 Å². The molecule has 0 N–H and O–H groups in total. The Morgan fingerprint density at radius 3 is 2.54 bits per heavy atom. The molecule has 0 aliphatic rings. The molecule has 4 heteroatoms. The second-order valence-electron chi connectivity index (χ2n) is 4.44. The van der Waals surface area contributed by atoms with Crippen LogP contribution in [0.5, 0.6) is 0 Å². The first-order chi connectivity index (χ1) is 5.88. The highest BCUT2D eigenvalue weighted by Gasteiger charge is 2.19. The summed E-state index contributed by atoms with van der Waals surface area (Å²) in [6.07, 6.45) is 2.15. The first-order valence-electron chi connectivity index (χ1n) is 4.28. The van der Waals surface area contributed by atoms with E-state index in [0.717, 1.165) is 0 Å². The summed E-state index contributed by atoms with van der Waals surface area (Å²) < 4.78 is 1.54. The molecule has 4 nitrogen and oxygen atoms in total. The monoisotopic (exact) mass is 181 g/mol. The van der Waals surface area contributed by atoms with Crippen LogP contribution in [0, 0.1) is 5.41 Å². The number of hydrogen-bond donors (Lipinski definition) is 0. The molecule has 0 aromatic carbocycles. The van der Waals surface area contributed by atoms with E-state index in [4.69, 9.17) is 0 Å². The van der Waals surface area contributed by atoms with Gasteiger partial charge in [0.15, 0.2) is 5.78 Å². The maximum absolute atomic E-state index is 11.6. The van der Waals surface area contributed by atoms with Crippen LogP contribution in [0.15, 0.2) is 6.20 Å². The summed E-state index contributed by atoms with van der Waals surface area (Å²) in [5.74, 6) is 0.0561. The lowest BCUT2D eigenvalue weighted by Crippen LogP contribution is -2.13. The number of carbonyl (C=O) groups is 1. The summed E-state index contributed by atoms with van der Waals surface area (Å²) in [4.78, 5) is 11.6. The molecule has 1 rings (SSSR count). The second kappa shape index (κ2) is 3.28. The molecule has 72 valence electrons. The summed E-state index contributed by atoms with van der Waals surface area (Å²) in [6, 6.07) is 0. The molecular formula is C9H15N3O. The summed E-state index contributed by atoms with van der Waals surface area (Å²) in [7, 11) is 1.75. The van der Waals surface area contributed by atoms with Crippen molar-refractivity contribution in [2.75, 3.05) is 0 Å². The molecule has 0 unspecified atom stereocenters. The normalized spacial score (nSPS) is 11.7. The van der Waals surface area contributed by atoms with Crippen LogP contribution in [-0.4, -0.2) is 20.8 Å². The van der Waals surface area contributed by atoms with Crippen molar-refractivity contribution in [1.82, 2.24) is 15.0 Å². The minimum absolute atomic E-state index is 0.00854. The molecule has 0 amide bonds. The molecule has 1 heterocycles. The third-order valence-corrected chi connectivity index (χ3v) is 1.58. The maximum Gasteiger partial charge on any atom is 0.185 e. The van der Waals surface area contributed by atoms with Gasteiger partial charge in [0.1, 0.15) is 5.69 Å². The molecular weight excluding hydrogens is 166 g/mol. The summed E-state index contributed by atoms with van der Waals surface area (Å²) in [5.41, 5.74) is 0.464. The van der Waals surface area contributed by atoms with Crippen molar-refractivity contribution in [2.24, 2.45) is 12.5 Å². The Bertz CT molecular complexity index is 309. The Morgan fingerprint density at radius 2 is 2.15 bits per heavy atom. The SMILES string of the molecule is Cn1cc(C(=O)CC(C)(C)C)nn1. The van der Waals surface area contributed by atoms with Gasteiger partial charge in [-0.1, -0.05) is 26.0 Å². The maximum atomic E-state index is 11.6. The fourth-order valence-electron chi connectivity index (χ4n) is 1.05. The average Bonchev–Trinajstić information content (AvgIpc) is 2.31. The lowest BCUT2D eigenvalue weighted by atomic mass is 9.89. The fourth-order valence-corrected chi connectivity index (χ4v) is 1.05. The number of rotatable bonds is 2. The van der Waals surface area contributed by atoms with Crippen LogP contribution >= 0.6 is 0 Å². The van der Waals surface area contributed by atoms with Crippen molar-refractivity contribution >= 4 is 5.78 Å². The minimum atomic E-state index is 0.00854. The lowest BCUT2D eigenvalue weighted by Gasteiger charge is -2.15. The third-order valence-electron chi connectivity index (χ3n) is 1.58. The molecule has 13 heavy (non-hydrogen) atoms. The van der Waals surface area contributed by atoms with Gasteiger partial charge in [0.05, 0.1) is 6.20 Å². The van der Waals surface area contributed by atoms with Crippen molar-refractivity contribution in [3.8, 4) is 0 Å². The third kappa shape index (κ3) is 2.97. The average molecular weight is 181 g/mol. The summed E-state index contributed by atoms with van der Waals surface area (Å²) in [5, 5.41) is 7.48. The Morgan fingerprint density at radius 1 is 1.54 bits per heavy atom. The number of nitrogens with zero attached hydrogens (tertiary/aromatic N) is 3. The molecule has 1 aromatic heterocycles. The molecule has 0 fully saturated rings. The number of aromatic nitrogens is 3. The van der Waals surface area contributed by atoms with Crippen LogP contribution in [0.25, 0.3) is 0 Å². The Labute approximate surface area is 77.9 Å². The van der Waals surface area contributed by atoms with E-state index < -0.39 is 0 Å². The first kappa shape index (κ1) is 9.89. The molecule has 0 saturated carbocycles. The predicted molar refractivity (Wildman–Crippen MR) is 49.4 cm³/mol. The van der Waals surface area contributed by atoms with Crippen LogP contribution in [-0.2, 0) is 7.05 Å². The van der Waals surface area contributed by atoms with Crippen LogP contribution in [0.1, 0.15) is 37.7 Å². The Hall–Kier alpha value is -1.19. The molecule has 0 saturated heterocycles. The zero-order chi connectivity index (χ0) is 10.1. The van der Waals surface area contributed by atoms with Crippen molar-refractivity contribution in [3.05, 3.63) is 11.9 Å². The van der Waals surface area contributed by atoms with Gasteiger partial charge in [-0.15, -0.1) is 5.10 Å². The van der Waals surface area contributed by atoms with Gasteiger partial charge in [-0.25, -0.2) is 0 Å². The molecule has 1 aromatic rings. The van der Waals surface area contributed by atoms with Crippen molar-refractivity contribution in [1.29, 1.82) is 0 Å². The van der Waals surface area contributed by atoms with Gasteiger partial charge in [-0.2, -0.15) is 0 Å². The van der Waals surface area contributed by atoms with Gasteiger partial charge in [0.25, 0.3) is 0 Å². The molecule has 0 aliphatic heterocycles. The zero-order valence-electron chi connectivity index (χ0n) is 8.53. The van der Waals surface area contributed by atoms with Crippen LogP contribution < -0.4 is 0 Å². The Kier molecular flexibility index (Phi) is 2.50. The van der Waals surface area contributed by atoms with E-state index in [1.54, 1.807) is 13.2 Å². The molecule has 0 spiro atoms. The van der Waals surface area contributed by atoms with Crippen molar-refractivity contribution in [3.63, 3.8) is 0 Å². The number of aryl methyl sites for hydroxylation is 1. The Balaban J connectivity index is 2.70. The minimum Gasteiger partial charge on any atom is -0.292 e. The highest BCUT2D eigenvalue weighted by molar-refractivity contribution is 5.94. The van der Waals surface area contributed by atoms with Gasteiger partial charge in [-0.3, -0.25) is 9.48 Å². The smallest absolute Gasteiger partial charge is 0.185 e. The summed E-state index contributed by atoms with van der Waals surface area (Å²) >= 11 is 0. The number of Topliss-reactive ketones (excluding diaryl/α,β-unsaturated/α-hetero) is 1. The highest BCUT2D eigenvalue weighted by Crippen LogP contribution is 2.20. The van der Waals surface area contributed by atoms with Gasteiger partial charge in [0, 0.05) is 13.5 Å². The van der Waals surface area contributed by atoms with E-state index in [1.165, 1.54) is 4.68 Å². The molecule has 0 bridgehead atoms. The van der Waals surface area contributed by atoms with Gasteiger partial charge >= 0.3 is 0 Å². The van der Waals surface area contributed by atoms with Crippen LogP contribution in [0.3, 0.4) is 0 Å². The van der Waals surface area contributed by atoms with Crippen molar-refractivity contribution < 1.29 is 4.79 Å². The summed E-state index contributed by atoms with van der Waals surface area (Å²) in [6.45, 7) is 6.09. The van der Waals surface area contributed by atoms with Crippen LogP contribution in [0.4, 0.5) is 0 Å². The highest BCUT2D eigenvalue weighted by atomic mass is 16.1. The topological polar surface area (TPSA) is 47.8 Å².